The van der Waals surface area contributed by atoms with Crippen LogP contribution in [0.15, 0.2) is 12.7 Å². The zero-order valence-electron chi connectivity index (χ0n) is 8.05. The largest absolute Gasteiger partial charge is 0.317 e. The Labute approximate surface area is 75.6 Å². The fraction of sp³-hybridized carbons (Fsp3) is 0.800. The van der Waals surface area contributed by atoms with Crippen molar-refractivity contribution in [1.82, 2.24) is 10.2 Å². The third kappa shape index (κ3) is 2.95. The van der Waals surface area contributed by atoms with E-state index >= 15 is 0 Å². The van der Waals surface area contributed by atoms with Crippen LogP contribution in [0.25, 0.3) is 0 Å². The van der Waals surface area contributed by atoms with Gasteiger partial charge in [-0.15, -0.1) is 6.58 Å². The van der Waals surface area contributed by atoms with Crippen molar-refractivity contribution >= 4 is 0 Å². The van der Waals surface area contributed by atoms with Crippen molar-refractivity contribution in [2.45, 2.75) is 25.3 Å². The van der Waals surface area contributed by atoms with Crippen LogP contribution in [0, 0.1) is 0 Å². The maximum Gasteiger partial charge on any atom is 0.00884 e. The number of piperidine rings is 1. The molecule has 0 radical (unpaired) electrons. The van der Waals surface area contributed by atoms with Gasteiger partial charge < -0.3 is 10.2 Å². The molecule has 70 valence electrons. The molecule has 2 nitrogen and oxygen atoms in total. The Hall–Kier alpha value is -0.340. The second-order valence-corrected chi connectivity index (χ2v) is 3.48. The van der Waals surface area contributed by atoms with Gasteiger partial charge in [-0.2, -0.15) is 0 Å². The van der Waals surface area contributed by atoms with Crippen LogP contribution in [-0.4, -0.2) is 37.6 Å². The van der Waals surface area contributed by atoms with Gasteiger partial charge in [0, 0.05) is 12.6 Å². The van der Waals surface area contributed by atoms with Crippen LogP contribution in [-0.2, 0) is 0 Å². The molecule has 0 unspecified atom stereocenters. The second-order valence-electron chi connectivity index (χ2n) is 3.48. The van der Waals surface area contributed by atoms with Crippen molar-refractivity contribution in [3.8, 4) is 0 Å². The molecule has 0 amide bonds. The van der Waals surface area contributed by atoms with E-state index < -0.39 is 0 Å². The molecule has 0 saturated carbocycles. The smallest absolute Gasteiger partial charge is 0.00884 e. The third-order valence-electron chi connectivity index (χ3n) is 2.65. The minimum Gasteiger partial charge on any atom is -0.317 e. The fourth-order valence-corrected chi connectivity index (χ4v) is 1.72. The van der Waals surface area contributed by atoms with Crippen molar-refractivity contribution < 1.29 is 0 Å². The summed E-state index contributed by atoms with van der Waals surface area (Å²) < 4.78 is 0. The standard InChI is InChI=1S/C10H20N2/c1-3-4-7-12-8-5-10(11-2)6-9-12/h3,10-11H,1,4-9H2,2H3. The van der Waals surface area contributed by atoms with Gasteiger partial charge in [0.25, 0.3) is 0 Å². The van der Waals surface area contributed by atoms with Crippen molar-refractivity contribution in [3.05, 3.63) is 12.7 Å². The van der Waals surface area contributed by atoms with E-state index in [1.165, 1.54) is 32.5 Å². The Morgan fingerprint density at radius 2 is 2.17 bits per heavy atom. The van der Waals surface area contributed by atoms with E-state index in [2.05, 4.69) is 23.8 Å². The lowest BCUT2D eigenvalue weighted by atomic mass is 10.1. The lowest BCUT2D eigenvalue weighted by molar-refractivity contribution is 0.205. The Morgan fingerprint density at radius 3 is 2.67 bits per heavy atom. The van der Waals surface area contributed by atoms with Crippen molar-refractivity contribution in [2.24, 2.45) is 0 Å². The quantitative estimate of drug-likeness (QED) is 0.635. The molecule has 0 aromatic heterocycles. The topological polar surface area (TPSA) is 15.3 Å². The SMILES string of the molecule is C=CCCN1CCC(NC)CC1. The molecule has 1 aliphatic rings. The Morgan fingerprint density at radius 1 is 1.50 bits per heavy atom. The molecule has 1 N–H and O–H groups in total. The van der Waals surface area contributed by atoms with E-state index in [4.69, 9.17) is 0 Å². The van der Waals surface area contributed by atoms with Crippen LogP contribution in [0.2, 0.25) is 0 Å². The first-order valence-electron chi connectivity index (χ1n) is 4.87. The normalized spacial score (nSPS) is 21.1. The number of likely N-dealkylation sites (tertiary alicyclic amines) is 1. The van der Waals surface area contributed by atoms with Crippen LogP contribution >= 0.6 is 0 Å². The first-order valence-corrected chi connectivity index (χ1v) is 4.87. The van der Waals surface area contributed by atoms with E-state index in [1.807, 2.05) is 6.08 Å². The number of hydrogen-bond acceptors (Lipinski definition) is 2. The van der Waals surface area contributed by atoms with E-state index in [-0.39, 0.29) is 0 Å². The summed E-state index contributed by atoms with van der Waals surface area (Å²) in [6.45, 7) is 7.43. The molecular weight excluding hydrogens is 148 g/mol. The summed E-state index contributed by atoms with van der Waals surface area (Å²) in [5.41, 5.74) is 0. The zero-order valence-corrected chi connectivity index (χ0v) is 8.05. The van der Waals surface area contributed by atoms with Gasteiger partial charge >= 0.3 is 0 Å². The van der Waals surface area contributed by atoms with Gasteiger partial charge in [0.1, 0.15) is 0 Å². The summed E-state index contributed by atoms with van der Waals surface area (Å²) in [5, 5.41) is 3.33. The van der Waals surface area contributed by atoms with Crippen LogP contribution < -0.4 is 5.32 Å². The first kappa shape index (κ1) is 9.75. The number of nitrogens with one attached hydrogen (secondary N) is 1. The minimum atomic E-state index is 0.755. The number of rotatable bonds is 4. The Kier molecular flexibility index (Phi) is 4.33. The summed E-state index contributed by atoms with van der Waals surface area (Å²) in [7, 11) is 2.06. The fourth-order valence-electron chi connectivity index (χ4n) is 1.72. The van der Waals surface area contributed by atoms with Gasteiger partial charge in [-0.05, 0) is 39.4 Å². The molecule has 0 spiro atoms. The highest BCUT2D eigenvalue weighted by atomic mass is 15.1. The number of nitrogens with zero attached hydrogens (tertiary/aromatic N) is 1. The molecule has 0 bridgehead atoms. The molecule has 1 rings (SSSR count). The second kappa shape index (κ2) is 5.33. The molecule has 1 fully saturated rings. The highest BCUT2D eigenvalue weighted by Crippen LogP contribution is 2.09. The van der Waals surface area contributed by atoms with Crippen molar-refractivity contribution in [1.29, 1.82) is 0 Å². The molecular formula is C10H20N2. The average Bonchev–Trinajstić information content (AvgIpc) is 2.15. The van der Waals surface area contributed by atoms with Gasteiger partial charge in [-0.25, -0.2) is 0 Å². The monoisotopic (exact) mass is 168 g/mol. The van der Waals surface area contributed by atoms with Gasteiger partial charge in [0.2, 0.25) is 0 Å². The summed E-state index contributed by atoms with van der Waals surface area (Å²) in [6, 6.07) is 0.755. The molecule has 1 heterocycles. The molecule has 0 aromatic carbocycles. The van der Waals surface area contributed by atoms with Crippen molar-refractivity contribution in [3.63, 3.8) is 0 Å². The summed E-state index contributed by atoms with van der Waals surface area (Å²) in [4.78, 5) is 2.52. The molecule has 1 aliphatic heterocycles. The maximum atomic E-state index is 3.74. The molecule has 0 aliphatic carbocycles. The van der Waals surface area contributed by atoms with Crippen molar-refractivity contribution in [2.75, 3.05) is 26.7 Å². The van der Waals surface area contributed by atoms with Gasteiger partial charge in [0.15, 0.2) is 0 Å². The van der Waals surface area contributed by atoms with Gasteiger partial charge in [0.05, 0.1) is 0 Å². The third-order valence-corrected chi connectivity index (χ3v) is 2.65. The van der Waals surface area contributed by atoms with Crippen LogP contribution in [0.1, 0.15) is 19.3 Å². The van der Waals surface area contributed by atoms with E-state index in [1.54, 1.807) is 0 Å². The average molecular weight is 168 g/mol. The zero-order chi connectivity index (χ0) is 8.81. The maximum absolute atomic E-state index is 3.74. The predicted octanol–water partition coefficient (Wildman–Crippen LogP) is 1.25. The Balaban J connectivity index is 2.12. The molecule has 1 saturated heterocycles. The van der Waals surface area contributed by atoms with Crippen LogP contribution in [0.5, 0.6) is 0 Å². The molecule has 2 heteroatoms. The Bertz CT molecular complexity index is 126. The first-order chi connectivity index (χ1) is 5.86. The highest BCUT2D eigenvalue weighted by molar-refractivity contribution is 4.77. The summed E-state index contributed by atoms with van der Waals surface area (Å²) in [6.07, 6.45) is 5.73. The van der Waals surface area contributed by atoms with Gasteiger partial charge in [-0.1, -0.05) is 6.08 Å². The van der Waals surface area contributed by atoms with Crippen LogP contribution in [0.4, 0.5) is 0 Å². The molecule has 12 heavy (non-hydrogen) atoms. The predicted molar refractivity (Wildman–Crippen MR) is 53.3 cm³/mol. The summed E-state index contributed by atoms with van der Waals surface area (Å²) in [5.74, 6) is 0. The lowest BCUT2D eigenvalue weighted by Gasteiger charge is -2.31. The number of hydrogen-bond donors (Lipinski definition) is 1. The van der Waals surface area contributed by atoms with E-state index in [9.17, 15) is 0 Å². The molecule has 0 atom stereocenters. The lowest BCUT2D eigenvalue weighted by Crippen LogP contribution is -2.41. The minimum absolute atomic E-state index is 0.755. The van der Waals surface area contributed by atoms with E-state index in [0.717, 1.165) is 12.5 Å². The molecule has 0 aromatic rings. The summed E-state index contributed by atoms with van der Waals surface area (Å²) >= 11 is 0. The van der Waals surface area contributed by atoms with Crippen LogP contribution in [0.3, 0.4) is 0 Å². The van der Waals surface area contributed by atoms with E-state index in [0.29, 0.717) is 0 Å². The highest BCUT2D eigenvalue weighted by Gasteiger charge is 2.16. The van der Waals surface area contributed by atoms with Gasteiger partial charge in [-0.3, -0.25) is 0 Å².